The molecule has 0 spiro atoms. The van der Waals surface area contributed by atoms with Gasteiger partial charge in [0, 0.05) is 18.0 Å². The van der Waals surface area contributed by atoms with Crippen molar-refractivity contribution in [3.8, 4) is 11.4 Å². The molecule has 25 heavy (non-hydrogen) atoms. The molecule has 3 rings (SSSR count). The Morgan fingerprint density at radius 2 is 2.00 bits per heavy atom. The van der Waals surface area contributed by atoms with Gasteiger partial charge in [0.1, 0.15) is 0 Å². The van der Waals surface area contributed by atoms with Gasteiger partial charge in [0.25, 0.3) is 0 Å². The summed E-state index contributed by atoms with van der Waals surface area (Å²) in [7, 11) is 0. The predicted octanol–water partition coefficient (Wildman–Crippen LogP) is 4.21. The molecule has 3 aromatic rings. The van der Waals surface area contributed by atoms with Crippen LogP contribution in [0.1, 0.15) is 5.56 Å². The topological polar surface area (TPSA) is 83.6 Å². The van der Waals surface area contributed by atoms with Gasteiger partial charge in [-0.1, -0.05) is 41.0 Å². The van der Waals surface area contributed by atoms with Gasteiger partial charge < -0.3 is 5.32 Å². The molecule has 0 saturated heterocycles. The zero-order chi connectivity index (χ0) is 17.8. The van der Waals surface area contributed by atoms with Gasteiger partial charge in [0.15, 0.2) is 5.82 Å². The van der Waals surface area contributed by atoms with E-state index in [0.29, 0.717) is 26.7 Å². The first-order valence-electron chi connectivity index (χ1n) is 7.24. The lowest BCUT2D eigenvalue weighted by Gasteiger charge is -2.10. The van der Waals surface area contributed by atoms with Crippen LogP contribution in [-0.4, -0.2) is 31.8 Å². The summed E-state index contributed by atoms with van der Waals surface area (Å²) in [6.45, 7) is 1.84. The molecular weight excluding hydrogens is 381 g/mol. The minimum atomic E-state index is -0.241. The Morgan fingerprint density at radius 3 is 2.76 bits per heavy atom. The molecule has 0 unspecified atom stereocenters. The highest BCUT2D eigenvalue weighted by Crippen LogP contribution is 2.33. The summed E-state index contributed by atoms with van der Waals surface area (Å²) in [4.78, 5) is 20.5. The Morgan fingerprint density at radius 1 is 1.24 bits per heavy atom. The van der Waals surface area contributed by atoms with Crippen molar-refractivity contribution in [2.45, 2.75) is 12.1 Å². The number of H-pyrrole nitrogens is 1. The van der Waals surface area contributed by atoms with E-state index >= 15 is 0 Å². The summed E-state index contributed by atoms with van der Waals surface area (Å²) in [6.07, 6.45) is 3.35. The van der Waals surface area contributed by atoms with Crippen molar-refractivity contribution in [2.75, 3.05) is 11.1 Å². The van der Waals surface area contributed by atoms with Crippen molar-refractivity contribution in [2.24, 2.45) is 0 Å². The summed E-state index contributed by atoms with van der Waals surface area (Å²) in [5.41, 5.74) is 2.13. The fourth-order valence-corrected chi connectivity index (χ4v) is 3.09. The van der Waals surface area contributed by atoms with E-state index in [-0.39, 0.29) is 11.7 Å². The number of amides is 1. The van der Waals surface area contributed by atoms with E-state index < -0.39 is 0 Å². The zero-order valence-electron chi connectivity index (χ0n) is 13.1. The number of pyridine rings is 1. The second kappa shape index (κ2) is 7.86. The maximum Gasteiger partial charge on any atom is 0.234 e. The van der Waals surface area contributed by atoms with Crippen molar-refractivity contribution in [3.05, 3.63) is 52.3 Å². The number of nitrogens with one attached hydrogen (secondary N) is 2. The number of carbonyl (C=O) groups is 1. The lowest BCUT2D eigenvalue weighted by molar-refractivity contribution is -0.113. The summed E-state index contributed by atoms with van der Waals surface area (Å²) in [5, 5.41) is 11.0. The van der Waals surface area contributed by atoms with Gasteiger partial charge in [0.2, 0.25) is 11.1 Å². The van der Waals surface area contributed by atoms with Crippen LogP contribution in [0, 0.1) is 6.92 Å². The van der Waals surface area contributed by atoms with E-state index in [4.69, 9.17) is 23.2 Å². The van der Waals surface area contributed by atoms with Gasteiger partial charge >= 0.3 is 0 Å². The SMILES string of the molecule is Cc1ccc(Cl)c(NC(=O)CSc2n[nH]c(-c3ccncc3)n2)c1Cl. The van der Waals surface area contributed by atoms with E-state index in [1.54, 1.807) is 24.5 Å². The summed E-state index contributed by atoms with van der Waals surface area (Å²) in [6, 6.07) is 7.14. The highest BCUT2D eigenvalue weighted by molar-refractivity contribution is 7.99. The molecule has 0 fully saturated rings. The third-order valence-electron chi connectivity index (χ3n) is 3.30. The lowest BCUT2D eigenvalue weighted by Crippen LogP contribution is -2.15. The lowest BCUT2D eigenvalue weighted by atomic mass is 10.2. The number of aryl methyl sites for hydroxylation is 1. The van der Waals surface area contributed by atoms with Crippen LogP contribution in [0.25, 0.3) is 11.4 Å². The molecule has 2 heterocycles. The van der Waals surface area contributed by atoms with Crippen LogP contribution in [0.4, 0.5) is 5.69 Å². The van der Waals surface area contributed by atoms with Gasteiger partial charge in [-0.05, 0) is 30.7 Å². The fourth-order valence-electron chi connectivity index (χ4n) is 2.03. The van der Waals surface area contributed by atoms with Crippen LogP contribution < -0.4 is 5.32 Å². The number of rotatable bonds is 5. The van der Waals surface area contributed by atoms with Crippen molar-refractivity contribution in [1.82, 2.24) is 20.2 Å². The Hall–Kier alpha value is -2.09. The molecular formula is C16H13Cl2N5OS. The van der Waals surface area contributed by atoms with Gasteiger partial charge in [0.05, 0.1) is 21.5 Å². The number of carbonyl (C=O) groups excluding carboxylic acids is 1. The number of nitrogens with zero attached hydrogens (tertiary/aromatic N) is 3. The molecule has 2 N–H and O–H groups in total. The molecule has 0 saturated carbocycles. The fraction of sp³-hybridized carbons (Fsp3) is 0.125. The van der Waals surface area contributed by atoms with Crippen molar-refractivity contribution >= 4 is 46.6 Å². The van der Waals surface area contributed by atoms with Crippen molar-refractivity contribution in [3.63, 3.8) is 0 Å². The van der Waals surface area contributed by atoms with E-state index in [1.807, 2.05) is 19.1 Å². The standard InChI is InChI=1S/C16H13Cl2N5OS/c1-9-2-3-11(17)14(13(9)18)20-12(24)8-25-16-21-15(22-23-16)10-4-6-19-7-5-10/h2-7H,8H2,1H3,(H,20,24)(H,21,22,23). The molecule has 1 aromatic carbocycles. The maximum atomic E-state index is 12.2. The van der Waals surface area contributed by atoms with Crippen LogP contribution in [0.3, 0.4) is 0 Å². The number of hydrogen-bond donors (Lipinski definition) is 2. The molecule has 0 aliphatic carbocycles. The van der Waals surface area contributed by atoms with E-state index in [2.05, 4.69) is 25.5 Å². The number of thioether (sulfide) groups is 1. The highest BCUT2D eigenvalue weighted by atomic mass is 35.5. The monoisotopic (exact) mass is 393 g/mol. The highest BCUT2D eigenvalue weighted by Gasteiger charge is 2.13. The Kier molecular flexibility index (Phi) is 5.57. The molecule has 9 heteroatoms. The van der Waals surface area contributed by atoms with E-state index in [1.165, 1.54) is 11.8 Å². The number of aromatic nitrogens is 4. The second-order valence-electron chi connectivity index (χ2n) is 5.09. The van der Waals surface area contributed by atoms with E-state index in [9.17, 15) is 4.79 Å². The normalized spacial score (nSPS) is 10.7. The third kappa shape index (κ3) is 4.31. The molecule has 0 radical (unpaired) electrons. The van der Waals surface area contributed by atoms with Crippen molar-refractivity contribution < 1.29 is 4.79 Å². The summed E-state index contributed by atoms with van der Waals surface area (Å²) in [5.74, 6) is 0.513. The number of aromatic amines is 1. The molecule has 0 aliphatic heterocycles. The van der Waals surface area contributed by atoms with Crippen LogP contribution in [0.2, 0.25) is 10.0 Å². The Labute approximate surface area is 158 Å². The minimum Gasteiger partial charge on any atom is -0.323 e. The van der Waals surface area contributed by atoms with Crippen molar-refractivity contribution in [1.29, 1.82) is 0 Å². The first-order valence-corrected chi connectivity index (χ1v) is 8.99. The molecule has 2 aromatic heterocycles. The van der Waals surface area contributed by atoms with Crippen LogP contribution in [0.5, 0.6) is 0 Å². The zero-order valence-corrected chi connectivity index (χ0v) is 15.4. The molecule has 1 amide bonds. The maximum absolute atomic E-state index is 12.2. The average molecular weight is 394 g/mol. The number of hydrogen-bond acceptors (Lipinski definition) is 5. The Balaban J connectivity index is 1.62. The molecule has 6 nitrogen and oxygen atoms in total. The van der Waals surface area contributed by atoms with Crippen LogP contribution in [-0.2, 0) is 4.79 Å². The molecule has 0 bridgehead atoms. The molecule has 128 valence electrons. The largest absolute Gasteiger partial charge is 0.323 e. The van der Waals surface area contributed by atoms with Gasteiger partial charge in [-0.2, -0.15) is 0 Å². The quantitative estimate of drug-likeness (QED) is 0.634. The minimum absolute atomic E-state index is 0.133. The number of halogens is 2. The molecule has 0 aliphatic rings. The number of anilines is 1. The van der Waals surface area contributed by atoms with E-state index in [0.717, 1.165) is 11.1 Å². The Bertz CT molecular complexity index is 901. The van der Waals surface area contributed by atoms with Crippen LogP contribution >= 0.6 is 35.0 Å². The first kappa shape index (κ1) is 17.7. The van der Waals surface area contributed by atoms with Gasteiger partial charge in [-0.3, -0.25) is 14.9 Å². The van der Waals surface area contributed by atoms with Gasteiger partial charge in [-0.15, -0.1) is 5.10 Å². The predicted molar refractivity (Wildman–Crippen MR) is 100 cm³/mol. The smallest absolute Gasteiger partial charge is 0.234 e. The summed E-state index contributed by atoms with van der Waals surface area (Å²) >= 11 is 13.5. The van der Waals surface area contributed by atoms with Crippen LogP contribution in [0.15, 0.2) is 41.8 Å². The summed E-state index contributed by atoms with van der Waals surface area (Å²) < 4.78 is 0. The average Bonchev–Trinajstić information content (AvgIpc) is 3.10. The second-order valence-corrected chi connectivity index (χ2v) is 6.82. The van der Waals surface area contributed by atoms with Gasteiger partial charge in [-0.25, -0.2) is 4.98 Å². The molecule has 0 atom stereocenters. The third-order valence-corrected chi connectivity index (χ3v) is 4.95. The first-order chi connectivity index (χ1) is 12.0. The number of benzene rings is 1.